The molecule has 2 aromatic carbocycles. The number of ether oxygens (including phenoxy) is 1. The maximum absolute atomic E-state index is 12.7. The van der Waals surface area contributed by atoms with Gasteiger partial charge in [0.2, 0.25) is 0 Å². The van der Waals surface area contributed by atoms with E-state index in [0.717, 1.165) is 23.5 Å². The van der Waals surface area contributed by atoms with Crippen LogP contribution >= 0.6 is 11.8 Å². The number of rotatable bonds is 5. The van der Waals surface area contributed by atoms with Crippen LogP contribution in [0.5, 0.6) is 5.75 Å². The average Bonchev–Trinajstić information content (AvgIpc) is 2.61. The number of benzene rings is 2. The van der Waals surface area contributed by atoms with Crippen LogP contribution in [0.4, 0.5) is 5.69 Å². The van der Waals surface area contributed by atoms with Gasteiger partial charge in [-0.3, -0.25) is 9.79 Å². The maximum atomic E-state index is 12.7. The van der Waals surface area contributed by atoms with E-state index >= 15 is 0 Å². The van der Waals surface area contributed by atoms with Crippen molar-refractivity contribution in [1.82, 2.24) is 0 Å². The minimum Gasteiger partial charge on any atom is -0.491 e. The van der Waals surface area contributed by atoms with E-state index in [2.05, 4.69) is 17.2 Å². The van der Waals surface area contributed by atoms with Gasteiger partial charge < -0.3 is 15.8 Å². The van der Waals surface area contributed by atoms with Crippen LogP contribution < -0.4 is 15.8 Å². The Balaban J connectivity index is 1.79. The SMILES string of the molecule is CC(C)Oc1cccc(NC(=O)c2cccc(C3(C)CCSC(N)=N3)c2)c1. The summed E-state index contributed by atoms with van der Waals surface area (Å²) in [6, 6.07) is 15.0. The number of anilines is 1. The summed E-state index contributed by atoms with van der Waals surface area (Å²) < 4.78 is 5.68. The number of carbonyl (C=O) groups is 1. The number of nitrogens with two attached hydrogens (primary N) is 1. The molecule has 0 spiro atoms. The molecular formula is C21H25N3O2S. The van der Waals surface area contributed by atoms with Gasteiger partial charge >= 0.3 is 0 Å². The summed E-state index contributed by atoms with van der Waals surface area (Å²) in [5, 5.41) is 3.54. The molecule has 1 amide bonds. The van der Waals surface area contributed by atoms with Crippen LogP contribution in [0.25, 0.3) is 0 Å². The van der Waals surface area contributed by atoms with Crippen LogP contribution in [0.2, 0.25) is 0 Å². The van der Waals surface area contributed by atoms with E-state index in [1.807, 2.05) is 56.3 Å². The summed E-state index contributed by atoms with van der Waals surface area (Å²) in [6.45, 7) is 6.00. The number of amidine groups is 1. The molecule has 0 saturated heterocycles. The Bertz CT molecular complexity index is 866. The first-order valence-corrected chi connectivity index (χ1v) is 10.0. The quantitative estimate of drug-likeness (QED) is 0.803. The van der Waals surface area contributed by atoms with Crippen molar-refractivity contribution in [3.63, 3.8) is 0 Å². The molecule has 1 unspecified atom stereocenters. The van der Waals surface area contributed by atoms with E-state index < -0.39 is 5.54 Å². The van der Waals surface area contributed by atoms with Crippen LogP contribution in [0, 0.1) is 0 Å². The summed E-state index contributed by atoms with van der Waals surface area (Å²) in [5.41, 5.74) is 7.81. The van der Waals surface area contributed by atoms with Gasteiger partial charge in [0.1, 0.15) is 5.75 Å². The molecule has 1 atom stereocenters. The molecule has 0 radical (unpaired) electrons. The smallest absolute Gasteiger partial charge is 0.255 e. The molecule has 2 aromatic rings. The van der Waals surface area contributed by atoms with Gasteiger partial charge in [-0.15, -0.1) is 0 Å². The number of thioether (sulfide) groups is 1. The highest BCUT2D eigenvalue weighted by molar-refractivity contribution is 8.13. The fourth-order valence-corrected chi connectivity index (χ4v) is 3.99. The van der Waals surface area contributed by atoms with Gasteiger partial charge in [0.15, 0.2) is 5.17 Å². The number of nitrogens with one attached hydrogen (secondary N) is 1. The molecule has 0 fully saturated rings. The van der Waals surface area contributed by atoms with E-state index in [1.54, 1.807) is 17.8 Å². The Morgan fingerprint density at radius 2 is 2.04 bits per heavy atom. The van der Waals surface area contributed by atoms with Crippen molar-refractivity contribution >= 4 is 28.5 Å². The predicted octanol–water partition coefficient (Wildman–Crippen LogP) is 4.39. The van der Waals surface area contributed by atoms with Gasteiger partial charge in [-0.05, 0) is 57.0 Å². The molecule has 5 nitrogen and oxygen atoms in total. The van der Waals surface area contributed by atoms with Gasteiger partial charge in [0.25, 0.3) is 5.91 Å². The number of nitrogens with zero attached hydrogens (tertiary/aromatic N) is 1. The Morgan fingerprint density at radius 1 is 1.26 bits per heavy atom. The number of amides is 1. The first-order chi connectivity index (χ1) is 12.9. The van der Waals surface area contributed by atoms with Gasteiger partial charge in [-0.25, -0.2) is 0 Å². The van der Waals surface area contributed by atoms with Crippen molar-refractivity contribution in [3.05, 3.63) is 59.7 Å². The lowest BCUT2D eigenvalue weighted by molar-refractivity contribution is 0.102. The standard InChI is InChI=1S/C21H25N3O2S/c1-14(2)26-18-9-5-8-17(13-18)23-19(25)15-6-4-7-16(12-15)21(3)10-11-27-20(22)24-21/h4-9,12-14H,10-11H2,1-3H3,(H2,22,24)(H,23,25). The van der Waals surface area contributed by atoms with Gasteiger partial charge in [0.05, 0.1) is 11.6 Å². The third-order valence-electron chi connectivity index (χ3n) is 4.41. The highest BCUT2D eigenvalue weighted by Gasteiger charge is 2.29. The molecular weight excluding hydrogens is 358 g/mol. The summed E-state index contributed by atoms with van der Waals surface area (Å²) in [5.74, 6) is 1.49. The molecule has 1 aliphatic rings. The maximum Gasteiger partial charge on any atom is 0.255 e. The zero-order valence-electron chi connectivity index (χ0n) is 15.9. The number of hydrogen-bond acceptors (Lipinski definition) is 5. The van der Waals surface area contributed by atoms with Crippen LogP contribution in [-0.2, 0) is 5.54 Å². The first kappa shape index (κ1) is 19.3. The van der Waals surface area contributed by atoms with Crippen molar-refractivity contribution in [2.24, 2.45) is 10.7 Å². The van der Waals surface area contributed by atoms with E-state index in [-0.39, 0.29) is 12.0 Å². The fraction of sp³-hybridized carbons (Fsp3) is 0.333. The van der Waals surface area contributed by atoms with Gasteiger partial charge in [0, 0.05) is 23.1 Å². The van der Waals surface area contributed by atoms with E-state index in [9.17, 15) is 4.79 Å². The monoisotopic (exact) mass is 383 g/mol. The zero-order chi connectivity index (χ0) is 19.4. The second-order valence-corrected chi connectivity index (χ2v) is 8.17. The molecule has 6 heteroatoms. The number of hydrogen-bond donors (Lipinski definition) is 2. The normalized spacial score (nSPS) is 19.5. The Morgan fingerprint density at radius 3 is 2.78 bits per heavy atom. The third kappa shape index (κ3) is 4.83. The van der Waals surface area contributed by atoms with Crippen molar-refractivity contribution < 1.29 is 9.53 Å². The largest absolute Gasteiger partial charge is 0.491 e. The summed E-state index contributed by atoms with van der Waals surface area (Å²) in [4.78, 5) is 17.4. The highest BCUT2D eigenvalue weighted by Crippen LogP contribution is 2.35. The van der Waals surface area contributed by atoms with E-state index in [0.29, 0.717) is 16.4 Å². The summed E-state index contributed by atoms with van der Waals surface area (Å²) in [7, 11) is 0. The summed E-state index contributed by atoms with van der Waals surface area (Å²) >= 11 is 1.57. The van der Waals surface area contributed by atoms with Gasteiger partial charge in [-0.2, -0.15) is 0 Å². The molecule has 27 heavy (non-hydrogen) atoms. The average molecular weight is 384 g/mol. The predicted molar refractivity (Wildman–Crippen MR) is 113 cm³/mol. The van der Waals surface area contributed by atoms with E-state index in [1.165, 1.54) is 0 Å². The topological polar surface area (TPSA) is 76.7 Å². The van der Waals surface area contributed by atoms with Crippen LogP contribution in [0.1, 0.15) is 43.1 Å². The van der Waals surface area contributed by atoms with Crippen LogP contribution in [0.3, 0.4) is 0 Å². The number of carbonyl (C=O) groups excluding carboxylic acids is 1. The lowest BCUT2D eigenvalue weighted by atomic mass is 9.88. The molecule has 1 heterocycles. The van der Waals surface area contributed by atoms with Crippen LogP contribution in [-0.4, -0.2) is 22.9 Å². The molecule has 0 aliphatic carbocycles. The Hall–Kier alpha value is -2.47. The fourth-order valence-electron chi connectivity index (χ4n) is 3.01. The minimum atomic E-state index is -0.392. The first-order valence-electron chi connectivity index (χ1n) is 9.02. The van der Waals surface area contributed by atoms with Crippen molar-refractivity contribution in [3.8, 4) is 5.75 Å². The van der Waals surface area contributed by atoms with Crippen molar-refractivity contribution in [1.29, 1.82) is 0 Å². The Kier molecular flexibility index (Phi) is 5.75. The lowest BCUT2D eigenvalue weighted by Crippen LogP contribution is -2.29. The van der Waals surface area contributed by atoms with Gasteiger partial charge in [-0.1, -0.05) is 30.0 Å². The van der Waals surface area contributed by atoms with Crippen molar-refractivity contribution in [2.45, 2.75) is 38.8 Å². The molecule has 3 N–H and O–H groups in total. The number of aliphatic imine (C=N–C) groups is 1. The lowest BCUT2D eigenvalue weighted by Gasteiger charge is -2.30. The van der Waals surface area contributed by atoms with E-state index in [4.69, 9.17) is 10.5 Å². The summed E-state index contributed by atoms with van der Waals surface area (Å²) in [6.07, 6.45) is 0.966. The molecule has 0 saturated carbocycles. The van der Waals surface area contributed by atoms with Crippen molar-refractivity contribution in [2.75, 3.05) is 11.1 Å². The van der Waals surface area contributed by atoms with Crippen LogP contribution in [0.15, 0.2) is 53.5 Å². The second kappa shape index (κ2) is 8.05. The second-order valence-electron chi connectivity index (χ2n) is 7.05. The third-order valence-corrected chi connectivity index (χ3v) is 5.20. The minimum absolute atomic E-state index is 0.0787. The molecule has 0 aromatic heterocycles. The molecule has 142 valence electrons. The molecule has 3 rings (SSSR count). The Labute approximate surface area is 164 Å². The zero-order valence-corrected chi connectivity index (χ0v) is 16.7. The molecule has 0 bridgehead atoms. The molecule has 1 aliphatic heterocycles. The highest BCUT2D eigenvalue weighted by atomic mass is 32.2.